The number of pyridine rings is 1. The SMILES string of the molecule is C=C(CC)CCCC(NC(=O)CO)C1=C2Cn3c(cc(CCC)c(COC(=O)CC)c3=O)C2=N/C(=C/CF)C1. The van der Waals surface area contributed by atoms with E-state index in [0.29, 0.717) is 41.9 Å². The second-order valence-electron chi connectivity index (χ2n) is 9.95. The number of aliphatic imine (C=N–C) groups is 1. The molecule has 1 aromatic rings. The minimum absolute atomic E-state index is 0.0942. The van der Waals surface area contributed by atoms with E-state index in [2.05, 4.69) is 11.9 Å². The second kappa shape index (κ2) is 14.2. The first kappa shape index (κ1) is 30.2. The highest BCUT2D eigenvalue weighted by molar-refractivity contribution is 6.15. The van der Waals surface area contributed by atoms with Gasteiger partial charge in [0.2, 0.25) is 5.91 Å². The number of carbonyl (C=O) groups is 2. The van der Waals surface area contributed by atoms with Crippen molar-refractivity contribution in [3.05, 3.63) is 68.3 Å². The van der Waals surface area contributed by atoms with Gasteiger partial charge >= 0.3 is 5.97 Å². The number of ether oxygens (including phenoxy) is 1. The maximum Gasteiger partial charge on any atom is 0.305 e. The van der Waals surface area contributed by atoms with Gasteiger partial charge in [-0.15, -0.1) is 0 Å². The lowest BCUT2D eigenvalue weighted by molar-refractivity contribution is -0.144. The molecular formula is C30H40FN3O5. The number of aliphatic hydroxyl groups is 1. The molecule has 0 saturated heterocycles. The Balaban J connectivity index is 2.11. The molecule has 0 aromatic carbocycles. The van der Waals surface area contributed by atoms with Gasteiger partial charge in [-0.3, -0.25) is 19.4 Å². The number of nitrogens with zero attached hydrogens (tertiary/aromatic N) is 2. The molecule has 1 aromatic heterocycles. The lowest BCUT2D eigenvalue weighted by Crippen LogP contribution is -2.39. The number of nitrogens with one attached hydrogen (secondary N) is 1. The van der Waals surface area contributed by atoms with Crippen LogP contribution in [0.15, 0.2) is 50.9 Å². The lowest BCUT2D eigenvalue weighted by Gasteiger charge is -2.27. The molecule has 9 heteroatoms. The van der Waals surface area contributed by atoms with Crippen LogP contribution in [-0.2, 0) is 33.9 Å². The fourth-order valence-electron chi connectivity index (χ4n) is 5.09. The van der Waals surface area contributed by atoms with Crippen molar-refractivity contribution in [1.82, 2.24) is 9.88 Å². The van der Waals surface area contributed by atoms with Crippen molar-refractivity contribution >= 4 is 17.6 Å². The summed E-state index contributed by atoms with van der Waals surface area (Å²) in [4.78, 5) is 42.6. The Bertz CT molecular complexity index is 1260. The Kier molecular flexibility index (Phi) is 11.0. The van der Waals surface area contributed by atoms with Gasteiger partial charge in [0.15, 0.2) is 0 Å². The highest BCUT2D eigenvalue weighted by atomic mass is 19.1. The maximum absolute atomic E-state index is 13.7. The smallest absolute Gasteiger partial charge is 0.305 e. The number of allylic oxidation sites excluding steroid dienone is 4. The van der Waals surface area contributed by atoms with Crippen molar-refractivity contribution in [2.24, 2.45) is 4.99 Å². The molecule has 0 radical (unpaired) electrons. The number of hydrogen-bond donors (Lipinski definition) is 2. The zero-order chi connectivity index (χ0) is 28.5. The number of esters is 1. The van der Waals surface area contributed by atoms with Crippen molar-refractivity contribution < 1.29 is 23.8 Å². The van der Waals surface area contributed by atoms with E-state index < -0.39 is 25.2 Å². The van der Waals surface area contributed by atoms with E-state index >= 15 is 0 Å². The molecule has 212 valence electrons. The van der Waals surface area contributed by atoms with Crippen LogP contribution in [0.25, 0.3) is 0 Å². The van der Waals surface area contributed by atoms with E-state index in [1.807, 2.05) is 19.9 Å². The Morgan fingerprint density at radius 3 is 2.72 bits per heavy atom. The van der Waals surface area contributed by atoms with Crippen LogP contribution in [0.3, 0.4) is 0 Å². The lowest BCUT2D eigenvalue weighted by atomic mass is 9.87. The van der Waals surface area contributed by atoms with Crippen LogP contribution >= 0.6 is 0 Å². The zero-order valence-corrected chi connectivity index (χ0v) is 23.3. The number of halogens is 1. The standard InChI is InChI=1S/C30H40FN3O5/c1-5-9-20-14-26-29-23(16-34(26)30(38)24(20)18-39-28(37)7-3)22(15-21(32-29)12-13-31)25(33-27(36)17-35)11-8-10-19(4)6-2/h12,14,25,35H,4-11,13,15-18H2,1-3H3,(H,33,36)/b21-12+. The highest BCUT2D eigenvalue weighted by Crippen LogP contribution is 2.35. The zero-order valence-electron chi connectivity index (χ0n) is 23.3. The molecular weight excluding hydrogens is 501 g/mol. The van der Waals surface area contributed by atoms with E-state index in [9.17, 15) is 23.9 Å². The van der Waals surface area contributed by atoms with Gasteiger partial charge in [-0.1, -0.05) is 39.3 Å². The monoisotopic (exact) mass is 541 g/mol. The fraction of sp³-hybridized carbons (Fsp3) is 0.533. The topological polar surface area (TPSA) is 110 Å². The average molecular weight is 542 g/mol. The van der Waals surface area contributed by atoms with Gasteiger partial charge in [-0.2, -0.15) is 0 Å². The van der Waals surface area contributed by atoms with Gasteiger partial charge < -0.3 is 19.7 Å². The van der Waals surface area contributed by atoms with Gasteiger partial charge in [-0.25, -0.2) is 4.39 Å². The third-order valence-corrected chi connectivity index (χ3v) is 7.27. The number of aliphatic hydroxyl groups excluding tert-OH is 1. The summed E-state index contributed by atoms with van der Waals surface area (Å²) in [6.45, 7) is 8.66. The highest BCUT2D eigenvalue weighted by Gasteiger charge is 2.34. The first-order chi connectivity index (χ1) is 18.8. The van der Waals surface area contributed by atoms with E-state index in [1.165, 1.54) is 6.08 Å². The summed E-state index contributed by atoms with van der Waals surface area (Å²) < 4.78 is 20.4. The van der Waals surface area contributed by atoms with E-state index in [4.69, 9.17) is 9.73 Å². The minimum Gasteiger partial charge on any atom is -0.461 e. The average Bonchev–Trinajstić information content (AvgIpc) is 3.30. The summed E-state index contributed by atoms with van der Waals surface area (Å²) >= 11 is 0. The van der Waals surface area contributed by atoms with Crippen LogP contribution < -0.4 is 10.9 Å². The maximum atomic E-state index is 13.7. The van der Waals surface area contributed by atoms with Crippen LogP contribution in [0.1, 0.15) is 82.5 Å². The summed E-state index contributed by atoms with van der Waals surface area (Å²) in [6.07, 6.45) is 6.44. The van der Waals surface area contributed by atoms with Crippen molar-refractivity contribution in [2.45, 2.75) is 91.3 Å². The third kappa shape index (κ3) is 7.20. The summed E-state index contributed by atoms with van der Waals surface area (Å²) in [5, 5.41) is 12.4. The molecule has 1 unspecified atom stereocenters. The van der Waals surface area contributed by atoms with E-state index in [-0.39, 0.29) is 31.1 Å². The van der Waals surface area contributed by atoms with Crippen molar-refractivity contribution in [3.63, 3.8) is 0 Å². The van der Waals surface area contributed by atoms with E-state index in [1.54, 1.807) is 11.5 Å². The summed E-state index contributed by atoms with van der Waals surface area (Å²) in [6, 6.07) is 1.51. The third-order valence-electron chi connectivity index (χ3n) is 7.27. The number of fused-ring (bicyclic) bond motifs is 3. The second-order valence-corrected chi connectivity index (χ2v) is 9.95. The summed E-state index contributed by atoms with van der Waals surface area (Å²) in [7, 11) is 0. The van der Waals surface area contributed by atoms with Gasteiger partial charge in [0.05, 0.1) is 29.6 Å². The van der Waals surface area contributed by atoms with Gasteiger partial charge in [-0.05, 0) is 55.4 Å². The van der Waals surface area contributed by atoms with Gasteiger partial charge in [0.1, 0.15) is 19.9 Å². The number of aromatic nitrogens is 1. The summed E-state index contributed by atoms with van der Waals surface area (Å²) in [5.74, 6) is -0.875. The first-order valence-corrected chi connectivity index (χ1v) is 13.8. The molecule has 8 nitrogen and oxygen atoms in total. The van der Waals surface area contributed by atoms with Gasteiger partial charge in [0, 0.05) is 24.1 Å². The Morgan fingerprint density at radius 2 is 2.08 bits per heavy atom. The van der Waals surface area contributed by atoms with Crippen LogP contribution in [0.5, 0.6) is 0 Å². The first-order valence-electron chi connectivity index (χ1n) is 13.8. The molecule has 3 heterocycles. The van der Waals surface area contributed by atoms with Crippen LogP contribution in [0.4, 0.5) is 4.39 Å². The number of alkyl halides is 1. The molecule has 3 rings (SSSR count). The Hall–Kier alpha value is -3.33. The van der Waals surface area contributed by atoms with Crippen LogP contribution in [0.2, 0.25) is 0 Å². The largest absolute Gasteiger partial charge is 0.461 e. The number of dihydropyridines is 1. The molecule has 2 aliphatic rings. The molecule has 2 N–H and O–H groups in total. The van der Waals surface area contributed by atoms with Crippen molar-refractivity contribution in [2.75, 3.05) is 13.3 Å². The number of amides is 1. The minimum atomic E-state index is -0.686. The molecule has 0 aliphatic carbocycles. The molecule has 0 bridgehead atoms. The van der Waals surface area contributed by atoms with Crippen LogP contribution in [-0.4, -0.2) is 46.6 Å². The molecule has 0 saturated carbocycles. The quantitative estimate of drug-likeness (QED) is 0.271. The number of aryl methyl sites for hydroxylation is 1. The Morgan fingerprint density at radius 1 is 1.31 bits per heavy atom. The van der Waals surface area contributed by atoms with E-state index in [0.717, 1.165) is 48.0 Å². The van der Waals surface area contributed by atoms with Crippen molar-refractivity contribution in [1.29, 1.82) is 0 Å². The van der Waals surface area contributed by atoms with Crippen LogP contribution in [0, 0.1) is 0 Å². The predicted molar refractivity (Wildman–Crippen MR) is 149 cm³/mol. The molecule has 1 atom stereocenters. The number of carbonyl (C=O) groups excluding carboxylic acids is 2. The van der Waals surface area contributed by atoms with Crippen molar-refractivity contribution in [3.8, 4) is 0 Å². The molecule has 1 amide bonds. The van der Waals surface area contributed by atoms with Gasteiger partial charge in [0.25, 0.3) is 5.56 Å². The molecule has 0 spiro atoms. The molecule has 2 aliphatic heterocycles. The fourth-order valence-corrected chi connectivity index (χ4v) is 5.09. The summed E-state index contributed by atoms with van der Waals surface area (Å²) in [5.41, 5.74) is 5.58. The Labute approximate surface area is 229 Å². The molecule has 0 fully saturated rings. The number of hydrogen-bond acceptors (Lipinski definition) is 6. The molecule has 39 heavy (non-hydrogen) atoms. The normalized spacial score (nSPS) is 16.0. The predicted octanol–water partition coefficient (Wildman–Crippen LogP) is 4.22. The number of rotatable bonds is 14.